The van der Waals surface area contributed by atoms with Gasteiger partial charge in [0.1, 0.15) is 0 Å². The molecule has 1 aliphatic rings. The van der Waals surface area contributed by atoms with Crippen molar-refractivity contribution in [3.8, 4) is 22.8 Å². The first kappa shape index (κ1) is 20.3. The Morgan fingerprint density at radius 1 is 1.17 bits per heavy atom. The Hall–Kier alpha value is -2.93. The molecule has 0 aliphatic heterocycles. The Bertz CT molecular complexity index is 1070. The van der Waals surface area contributed by atoms with Gasteiger partial charge >= 0.3 is 6.09 Å². The molecule has 0 radical (unpaired) electrons. The van der Waals surface area contributed by atoms with Gasteiger partial charge in [0.05, 0.1) is 17.5 Å². The van der Waals surface area contributed by atoms with E-state index in [0.717, 1.165) is 35.2 Å². The van der Waals surface area contributed by atoms with Crippen molar-refractivity contribution in [2.24, 2.45) is 0 Å². The minimum Gasteiger partial charge on any atom is -0.390 e. The highest BCUT2D eigenvalue weighted by atomic mass is 35.5. The molecule has 0 spiro atoms. The monoisotopic (exact) mass is 425 g/mol. The molecular formula is C22H24ClN5O2. The van der Waals surface area contributed by atoms with Crippen LogP contribution in [0.1, 0.15) is 39.0 Å². The van der Waals surface area contributed by atoms with E-state index in [0.29, 0.717) is 16.7 Å². The number of rotatable bonds is 4. The van der Waals surface area contributed by atoms with Crippen molar-refractivity contribution in [1.82, 2.24) is 24.6 Å². The topological polar surface area (TPSA) is 73.1 Å². The maximum atomic E-state index is 13.1. The van der Waals surface area contributed by atoms with E-state index in [4.69, 9.17) is 21.4 Å². The number of carbonyl (C=O) groups is 1. The fraction of sp³-hybridized carbons (Fsp3) is 0.364. The van der Waals surface area contributed by atoms with Gasteiger partial charge in [-0.1, -0.05) is 17.7 Å². The highest BCUT2D eigenvalue weighted by Crippen LogP contribution is 2.42. The number of benzene rings is 1. The molecule has 7 nitrogen and oxygen atoms in total. The summed E-state index contributed by atoms with van der Waals surface area (Å²) in [6.45, 7) is 7.87. The van der Waals surface area contributed by atoms with Crippen LogP contribution in [0.5, 0.6) is 5.88 Å². The summed E-state index contributed by atoms with van der Waals surface area (Å²) in [6, 6.07) is 5.74. The van der Waals surface area contributed by atoms with Gasteiger partial charge in [-0.3, -0.25) is 4.98 Å². The van der Waals surface area contributed by atoms with Gasteiger partial charge in [0, 0.05) is 29.5 Å². The summed E-state index contributed by atoms with van der Waals surface area (Å²) < 4.78 is 7.56. The molecule has 0 fully saturated rings. The molecule has 0 unspecified atom stereocenters. The van der Waals surface area contributed by atoms with Gasteiger partial charge < -0.3 is 9.64 Å². The molecule has 2 aromatic heterocycles. The number of hydrogen-bond donors (Lipinski definition) is 0. The number of hydrogen-bond acceptors (Lipinski definition) is 5. The first-order valence-corrected chi connectivity index (χ1v) is 10.4. The van der Waals surface area contributed by atoms with Crippen LogP contribution >= 0.6 is 11.6 Å². The van der Waals surface area contributed by atoms with Crippen LogP contribution in [-0.2, 0) is 12.8 Å². The maximum absolute atomic E-state index is 13.1. The minimum atomic E-state index is -0.422. The van der Waals surface area contributed by atoms with Crippen LogP contribution in [0.15, 0.2) is 36.8 Å². The summed E-state index contributed by atoms with van der Waals surface area (Å²) in [5.41, 5.74) is 3.74. The summed E-state index contributed by atoms with van der Waals surface area (Å²) in [4.78, 5) is 23.3. The largest absolute Gasteiger partial charge is 0.417 e. The Balaban J connectivity index is 1.87. The summed E-state index contributed by atoms with van der Waals surface area (Å²) >= 11 is 6.21. The van der Waals surface area contributed by atoms with Crippen molar-refractivity contribution in [2.45, 2.75) is 52.6 Å². The lowest BCUT2D eigenvalue weighted by atomic mass is 9.90. The average molecular weight is 426 g/mol. The van der Waals surface area contributed by atoms with Crippen molar-refractivity contribution in [2.75, 3.05) is 0 Å². The number of fused-ring (bicyclic) bond motifs is 3. The van der Waals surface area contributed by atoms with Crippen LogP contribution in [-0.4, -0.2) is 42.8 Å². The second kappa shape index (κ2) is 8.07. The Labute approximate surface area is 180 Å². The normalized spacial score (nSPS) is 12.6. The van der Waals surface area contributed by atoms with E-state index in [-0.39, 0.29) is 12.1 Å². The summed E-state index contributed by atoms with van der Waals surface area (Å²) in [5, 5.41) is 5.41. The molecule has 8 heteroatoms. The standard InChI is InChI=1S/C22H24ClN5O2/c1-13(2)27(14(3)4)22(29)30-21-20-17-7-6-16(23)11-15(17)5-8-18(20)26-28(21)19-12-24-9-10-25-19/h6-7,9-14H,5,8H2,1-4H3. The molecular weight excluding hydrogens is 402 g/mol. The molecule has 1 aromatic carbocycles. The van der Waals surface area contributed by atoms with E-state index < -0.39 is 6.09 Å². The van der Waals surface area contributed by atoms with Crippen molar-refractivity contribution in [1.29, 1.82) is 0 Å². The molecule has 0 atom stereocenters. The number of amides is 1. The molecule has 3 aromatic rings. The minimum absolute atomic E-state index is 0.00712. The summed E-state index contributed by atoms with van der Waals surface area (Å²) in [7, 11) is 0. The molecule has 1 aliphatic carbocycles. The third kappa shape index (κ3) is 3.65. The van der Waals surface area contributed by atoms with Crippen molar-refractivity contribution in [3.63, 3.8) is 0 Å². The molecule has 30 heavy (non-hydrogen) atoms. The molecule has 156 valence electrons. The first-order valence-electron chi connectivity index (χ1n) is 10.0. The van der Waals surface area contributed by atoms with E-state index >= 15 is 0 Å². The van der Waals surface area contributed by atoms with Crippen molar-refractivity contribution < 1.29 is 9.53 Å². The zero-order valence-electron chi connectivity index (χ0n) is 17.5. The lowest BCUT2D eigenvalue weighted by Gasteiger charge is -2.29. The average Bonchev–Trinajstić information content (AvgIpc) is 3.06. The number of ether oxygens (including phenoxy) is 1. The molecule has 0 N–H and O–H groups in total. The van der Waals surface area contributed by atoms with Crippen LogP contribution in [0.2, 0.25) is 5.02 Å². The summed E-state index contributed by atoms with van der Waals surface area (Å²) in [6.07, 6.45) is 5.89. The van der Waals surface area contributed by atoms with Gasteiger partial charge in [-0.05, 0) is 63.8 Å². The highest BCUT2D eigenvalue weighted by Gasteiger charge is 2.31. The maximum Gasteiger partial charge on any atom is 0.417 e. The molecule has 0 bridgehead atoms. The van der Waals surface area contributed by atoms with Crippen LogP contribution in [0, 0.1) is 0 Å². The smallest absolute Gasteiger partial charge is 0.390 e. The molecule has 0 saturated carbocycles. The number of halogens is 1. The van der Waals surface area contributed by atoms with E-state index in [1.165, 1.54) is 0 Å². The van der Waals surface area contributed by atoms with Crippen LogP contribution in [0.4, 0.5) is 4.79 Å². The fourth-order valence-electron chi connectivity index (χ4n) is 3.96. The van der Waals surface area contributed by atoms with Crippen molar-refractivity contribution in [3.05, 3.63) is 53.1 Å². The van der Waals surface area contributed by atoms with Crippen LogP contribution in [0.25, 0.3) is 16.9 Å². The van der Waals surface area contributed by atoms with Gasteiger partial charge in [-0.2, -0.15) is 9.78 Å². The lowest BCUT2D eigenvalue weighted by Crippen LogP contribution is -2.44. The predicted molar refractivity (Wildman–Crippen MR) is 115 cm³/mol. The van der Waals surface area contributed by atoms with E-state index in [1.54, 1.807) is 28.2 Å². The molecule has 4 rings (SSSR count). The first-order chi connectivity index (χ1) is 14.4. The predicted octanol–water partition coefficient (Wildman–Crippen LogP) is 4.70. The van der Waals surface area contributed by atoms with Gasteiger partial charge in [0.15, 0.2) is 5.82 Å². The van der Waals surface area contributed by atoms with Gasteiger partial charge in [-0.15, -0.1) is 0 Å². The lowest BCUT2D eigenvalue weighted by molar-refractivity contribution is 0.120. The van der Waals surface area contributed by atoms with Crippen molar-refractivity contribution >= 4 is 17.7 Å². The van der Waals surface area contributed by atoms with Gasteiger partial charge in [0.25, 0.3) is 0 Å². The Kier molecular flexibility index (Phi) is 5.47. The number of aromatic nitrogens is 4. The highest BCUT2D eigenvalue weighted by molar-refractivity contribution is 6.30. The number of nitrogens with zero attached hydrogens (tertiary/aromatic N) is 5. The van der Waals surface area contributed by atoms with Gasteiger partial charge in [0.2, 0.25) is 5.88 Å². The number of aryl methyl sites for hydroxylation is 2. The zero-order valence-corrected chi connectivity index (χ0v) is 18.2. The number of carbonyl (C=O) groups excluding carboxylic acids is 1. The molecule has 1 amide bonds. The second-order valence-electron chi connectivity index (χ2n) is 7.87. The summed E-state index contributed by atoms with van der Waals surface area (Å²) in [5.74, 6) is 0.843. The van der Waals surface area contributed by atoms with E-state index in [2.05, 4.69) is 9.97 Å². The van der Waals surface area contributed by atoms with E-state index in [1.807, 2.05) is 45.9 Å². The molecule has 2 heterocycles. The third-order valence-electron chi connectivity index (χ3n) is 5.16. The second-order valence-corrected chi connectivity index (χ2v) is 8.30. The molecule has 0 saturated heterocycles. The fourth-order valence-corrected chi connectivity index (χ4v) is 4.16. The van der Waals surface area contributed by atoms with E-state index in [9.17, 15) is 4.79 Å². The Morgan fingerprint density at radius 3 is 2.60 bits per heavy atom. The zero-order chi connectivity index (χ0) is 21.4. The van der Waals surface area contributed by atoms with Crippen LogP contribution < -0.4 is 4.74 Å². The third-order valence-corrected chi connectivity index (χ3v) is 5.39. The van der Waals surface area contributed by atoms with Crippen LogP contribution in [0.3, 0.4) is 0 Å². The quantitative estimate of drug-likeness (QED) is 0.605. The SMILES string of the molecule is CC(C)N(C(=O)Oc1c2c(nn1-c1cnccn1)CCc1cc(Cl)ccc1-2)C(C)C. The van der Waals surface area contributed by atoms with Gasteiger partial charge in [-0.25, -0.2) is 9.78 Å². The Morgan fingerprint density at radius 2 is 1.93 bits per heavy atom.